The Morgan fingerprint density at radius 2 is 1.75 bits per heavy atom. The van der Waals surface area contributed by atoms with Crippen LogP contribution in [-0.2, 0) is 20.9 Å². The van der Waals surface area contributed by atoms with Gasteiger partial charge in [-0.05, 0) is 55.9 Å². The van der Waals surface area contributed by atoms with Gasteiger partial charge in [0.1, 0.15) is 0 Å². The Bertz CT molecular complexity index is 764. The topological polar surface area (TPSA) is 105 Å². The van der Waals surface area contributed by atoms with Crippen LogP contribution >= 0.6 is 0 Å². The van der Waals surface area contributed by atoms with Crippen molar-refractivity contribution < 1.29 is 24.2 Å². The second kappa shape index (κ2) is 7.20. The minimum Gasteiger partial charge on any atom is -0.455 e. The third kappa shape index (κ3) is 3.90. The van der Waals surface area contributed by atoms with Gasteiger partial charge < -0.3 is 15.2 Å². The van der Waals surface area contributed by atoms with Gasteiger partial charge in [-0.1, -0.05) is 30.3 Å². The number of carbonyl (C=O) groups excluding carboxylic acids is 3. The highest BCUT2D eigenvalue weighted by Gasteiger charge is 2.60. The van der Waals surface area contributed by atoms with Crippen molar-refractivity contribution in [3.63, 3.8) is 0 Å². The molecule has 0 spiro atoms. The molecule has 7 nitrogen and oxygen atoms in total. The zero-order chi connectivity index (χ0) is 19.8. The summed E-state index contributed by atoms with van der Waals surface area (Å²) < 4.78 is 5.26. The normalized spacial score (nSPS) is 32.6. The number of carbonyl (C=O) groups is 3. The van der Waals surface area contributed by atoms with Crippen molar-refractivity contribution in [3.8, 4) is 0 Å². The fourth-order valence-corrected chi connectivity index (χ4v) is 5.72. The lowest BCUT2D eigenvalue weighted by Gasteiger charge is -2.58. The van der Waals surface area contributed by atoms with Crippen LogP contribution in [0.3, 0.4) is 0 Å². The molecule has 4 fully saturated rings. The third-order valence-electron chi connectivity index (χ3n) is 6.35. The molecule has 7 heteroatoms. The summed E-state index contributed by atoms with van der Waals surface area (Å²) in [5, 5.41) is 15.5. The molecule has 0 radical (unpaired) electrons. The summed E-state index contributed by atoms with van der Waals surface area (Å²) >= 11 is 0. The Kier molecular flexibility index (Phi) is 4.87. The van der Waals surface area contributed by atoms with Gasteiger partial charge in [-0.25, -0.2) is 4.79 Å². The highest BCUT2D eigenvalue weighted by atomic mass is 16.5. The highest BCUT2D eigenvalue weighted by molar-refractivity contribution is 5.95. The van der Waals surface area contributed by atoms with Gasteiger partial charge in [-0.3, -0.25) is 14.9 Å². The van der Waals surface area contributed by atoms with E-state index in [0.29, 0.717) is 24.8 Å². The van der Waals surface area contributed by atoms with Gasteiger partial charge in [0.15, 0.2) is 6.61 Å². The SMILES string of the molecule is O=C(COC(=O)C12CC3CC(CC(O)(C3)C1)C2)NC(=O)NCc1ccccc1. The minimum absolute atomic E-state index is 0.296. The van der Waals surface area contributed by atoms with E-state index in [-0.39, 0.29) is 0 Å². The van der Waals surface area contributed by atoms with Crippen LogP contribution in [0.2, 0.25) is 0 Å². The van der Waals surface area contributed by atoms with Crippen molar-refractivity contribution in [1.82, 2.24) is 10.6 Å². The van der Waals surface area contributed by atoms with Crippen LogP contribution in [0.25, 0.3) is 0 Å². The van der Waals surface area contributed by atoms with Crippen LogP contribution in [0.4, 0.5) is 4.79 Å². The van der Waals surface area contributed by atoms with E-state index in [2.05, 4.69) is 10.6 Å². The average molecular weight is 386 g/mol. The Labute approximate surface area is 163 Å². The van der Waals surface area contributed by atoms with E-state index >= 15 is 0 Å². The number of nitrogens with one attached hydrogen (secondary N) is 2. The van der Waals surface area contributed by atoms with E-state index in [0.717, 1.165) is 37.7 Å². The maximum absolute atomic E-state index is 12.7. The summed E-state index contributed by atoms with van der Waals surface area (Å²) in [6.07, 6.45) is 4.47. The smallest absolute Gasteiger partial charge is 0.321 e. The maximum Gasteiger partial charge on any atom is 0.321 e. The molecule has 150 valence electrons. The molecule has 4 aliphatic rings. The van der Waals surface area contributed by atoms with Gasteiger partial charge in [-0.2, -0.15) is 0 Å². The molecular weight excluding hydrogens is 360 g/mol. The summed E-state index contributed by atoms with van der Waals surface area (Å²) in [6, 6.07) is 8.70. The lowest BCUT2D eigenvalue weighted by Crippen LogP contribution is -2.58. The third-order valence-corrected chi connectivity index (χ3v) is 6.35. The highest BCUT2D eigenvalue weighted by Crippen LogP contribution is 2.61. The molecule has 3 amide bonds. The maximum atomic E-state index is 12.7. The second-order valence-corrected chi connectivity index (χ2v) is 8.76. The van der Waals surface area contributed by atoms with E-state index in [1.54, 1.807) is 0 Å². The molecule has 0 aliphatic heterocycles. The van der Waals surface area contributed by atoms with Gasteiger partial charge in [0, 0.05) is 6.54 Å². The second-order valence-electron chi connectivity index (χ2n) is 8.76. The first-order chi connectivity index (χ1) is 13.4. The van der Waals surface area contributed by atoms with Gasteiger partial charge in [0.2, 0.25) is 0 Å². The number of esters is 1. The number of hydrogen-bond acceptors (Lipinski definition) is 5. The first-order valence-corrected chi connectivity index (χ1v) is 9.87. The van der Waals surface area contributed by atoms with Gasteiger partial charge >= 0.3 is 12.0 Å². The van der Waals surface area contributed by atoms with E-state index in [4.69, 9.17) is 4.74 Å². The first kappa shape index (κ1) is 18.9. The summed E-state index contributed by atoms with van der Waals surface area (Å²) in [6.45, 7) is -0.197. The molecule has 0 aromatic heterocycles. The van der Waals surface area contributed by atoms with E-state index in [9.17, 15) is 19.5 Å². The predicted molar refractivity (Wildman–Crippen MR) is 99.8 cm³/mol. The molecule has 0 saturated heterocycles. The van der Waals surface area contributed by atoms with Gasteiger partial charge in [0.05, 0.1) is 11.0 Å². The van der Waals surface area contributed by atoms with E-state index in [1.807, 2.05) is 30.3 Å². The summed E-state index contributed by atoms with van der Waals surface area (Å²) in [5.74, 6) is -0.366. The molecule has 1 aromatic carbocycles. The van der Waals surface area contributed by atoms with Crippen LogP contribution in [-0.4, -0.2) is 35.2 Å². The fourth-order valence-electron chi connectivity index (χ4n) is 5.72. The quantitative estimate of drug-likeness (QED) is 0.671. The van der Waals surface area contributed by atoms with E-state index < -0.39 is 35.5 Å². The number of rotatable bonds is 5. The summed E-state index contributed by atoms with van der Waals surface area (Å²) in [4.78, 5) is 36.5. The van der Waals surface area contributed by atoms with Crippen molar-refractivity contribution in [1.29, 1.82) is 0 Å². The largest absolute Gasteiger partial charge is 0.455 e. The Balaban J connectivity index is 1.24. The number of hydrogen-bond donors (Lipinski definition) is 3. The number of urea groups is 1. The average Bonchev–Trinajstić information content (AvgIpc) is 2.63. The van der Waals surface area contributed by atoms with Gasteiger partial charge in [-0.15, -0.1) is 0 Å². The number of imide groups is 1. The van der Waals surface area contributed by atoms with Gasteiger partial charge in [0.25, 0.3) is 5.91 Å². The molecular formula is C21H26N2O5. The number of amides is 3. The Morgan fingerprint density at radius 1 is 1.07 bits per heavy atom. The van der Waals surface area contributed by atoms with Crippen LogP contribution in [0.5, 0.6) is 0 Å². The number of ether oxygens (including phenoxy) is 1. The standard InChI is InChI=1S/C21H26N2O5/c24-17(23-19(26)22-11-14-4-2-1-3-5-14)12-28-18(25)20-7-15-6-16(8-20)10-21(27,9-15)13-20/h1-5,15-16,27H,6-13H2,(H2,22,23,24,26). The molecule has 2 unspecified atom stereocenters. The molecule has 2 atom stereocenters. The lowest BCUT2D eigenvalue weighted by atomic mass is 9.48. The van der Waals surface area contributed by atoms with Crippen molar-refractivity contribution in [3.05, 3.63) is 35.9 Å². The zero-order valence-electron chi connectivity index (χ0n) is 15.8. The fraction of sp³-hybridized carbons (Fsp3) is 0.571. The van der Waals surface area contributed by atoms with Crippen molar-refractivity contribution in [2.24, 2.45) is 17.3 Å². The zero-order valence-corrected chi connectivity index (χ0v) is 15.8. The molecule has 4 aliphatic carbocycles. The minimum atomic E-state index is -0.761. The molecule has 28 heavy (non-hydrogen) atoms. The summed E-state index contributed by atoms with van der Waals surface area (Å²) in [7, 11) is 0. The van der Waals surface area contributed by atoms with Crippen LogP contribution < -0.4 is 10.6 Å². The van der Waals surface area contributed by atoms with Crippen LogP contribution in [0.1, 0.15) is 44.1 Å². The van der Waals surface area contributed by atoms with Crippen molar-refractivity contribution >= 4 is 17.9 Å². The molecule has 0 heterocycles. The molecule has 5 rings (SSSR count). The number of benzene rings is 1. The first-order valence-electron chi connectivity index (χ1n) is 9.87. The van der Waals surface area contributed by atoms with Crippen molar-refractivity contribution in [2.75, 3.05) is 6.61 Å². The molecule has 4 bridgehead atoms. The Hall–Kier alpha value is -2.41. The predicted octanol–water partition coefficient (Wildman–Crippen LogP) is 1.89. The molecule has 3 N–H and O–H groups in total. The number of aliphatic hydroxyl groups is 1. The molecule has 1 aromatic rings. The van der Waals surface area contributed by atoms with Crippen LogP contribution in [0.15, 0.2) is 30.3 Å². The lowest BCUT2D eigenvalue weighted by molar-refractivity contribution is -0.196. The monoisotopic (exact) mass is 386 g/mol. The Morgan fingerprint density at radius 3 is 2.39 bits per heavy atom. The van der Waals surface area contributed by atoms with Crippen molar-refractivity contribution in [2.45, 2.75) is 50.7 Å². The van der Waals surface area contributed by atoms with Crippen LogP contribution in [0, 0.1) is 17.3 Å². The molecule has 4 saturated carbocycles. The van der Waals surface area contributed by atoms with E-state index in [1.165, 1.54) is 0 Å². The summed E-state index contributed by atoms with van der Waals surface area (Å²) in [5.41, 5.74) is -0.520.